The number of H-pyrrole nitrogens is 1. The maximum absolute atomic E-state index is 14.1. The number of hydrogen-bond donors (Lipinski definition) is 3. The first-order valence-electron chi connectivity index (χ1n) is 18.8. The second-order valence-corrected chi connectivity index (χ2v) is 13.7. The van der Waals surface area contributed by atoms with Crippen LogP contribution in [-0.4, -0.2) is 49.1 Å². The topological polar surface area (TPSA) is 139 Å². The van der Waals surface area contributed by atoms with E-state index in [1.807, 2.05) is 4.98 Å². The number of hydrogen-bond acceptors (Lipinski definition) is 7. The minimum Gasteiger partial charge on any atom is -0.382 e. The molecular weight excluding hydrogens is 603 g/mol. The number of carbonyl (C=O) groups excluding carboxylic acids is 2. The van der Waals surface area contributed by atoms with Crippen LogP contribution in [0.2, 0.25) is 0 Å². The molecule has 1 aliphatic heterocycles. The number of aromatic nitrogens is 2. The van der Waals surface area contributed by atoms with E-state index in [1.165, 1.54) is 83.5 Å². The number of unbranched alkanes of at least 4 members (excludes halogenated alkanes) is 20. The normalized spacial score (nSPS) is 20.1. The molecule has 2 rings (SSSR count). The van der Waals surface area contributed by atoms with Gasteiger partial charge in [-0.3, -0.25) is 23.9 Å². The van der Waals surface area contributed by atoms with Gasteiger partial charge in [0.25, 0.3) is 5.56 Å². The molecule has 270 valence electrons. The predicted molar refractivity (Wildman–Crippen MR) is 183 cm³/mol. The van der Waals surface area contributed by atoms with Gasteiger partial charge in [0, 0.05) is 19.3 Å². The highest BCUT2D eigenvalue weighted by atomic mass is 19.1. The molecule has 3 N–H and O–H groups in total. The Bertz CT molecular complexity index is 1150. The van der Waals surface area contributed by atoms with Crippen molar-refractivity contribution in [2.24, 2.45) is 0 Å². The first kappa shape index (κ1) is 41.0. The van der Waals surface area contributed by atoms with Crippen LogP contribution < -0.4 is 11.2 Å². The lowest BCUT2D eigenvalue weighted by Gasteiger charge is -2.29. The highest BCUT2D eigenvalue weighted by Gasteiger charge is 2.56. The van der Waals surface area contributed by atoms with Gasteiger partial charge in [-0.25, -0.2) is 4.79 Å². The van der Waals surface area contributed by atoms with Crippen LogP contribution in [-0.2, 0) is 14.3 Å². The van der Waals surface area contributed by atoms with Gasteiger partial charge in [-0.05, 0) is 12.8 Å². The lowest BCUT2D eigenvalue weighted by Crippen LogP contribution is -2.53. The minimum absolute atomic E-state index is 0.0223. The highest BCUT2D eigenvalue weighted by Crippen LogP contribution is 2.40. The van der Waals surface area contributed by atoms with Gasteiger partial charge >= 0.3 is 5.69 Å². The van der Waals surface area contributed by atoms with Crippen molar-refractivity contribution < 1.29 is 28.9 Å². The fourth-order valence-electron chi connectivity index (χ4n) is 6.61. The van der Waals surface area contributed by atoms with E-state index in [0.29, 0.717) is 19.0 Å². The number of carbonyl (C=O) groups is 2. The summed E-state index contributed by atoms with van der Waals surface area (Å²) in [5.74, 6) is -2.37. The maximum Gasteiger partial charge on any atom is 0.330 e. The molecule has 0 aromatic carbocycles. The molecule has 10 heteroatoms. The summed E-state index contributed by atoms with van der Waals surface area (Å²) in [7, 11) is 0. The van der Waals surface area contributed by atoms with Crippen molar-refractivity contribution in [3.63, 3.8) is 0 Å². The van der Waals surface area contributed by atoms with Crippen molar-refractivity contribution in [3.8, 4) is 0 Å². The van der Waals surface area contributed by atoms with Gasteiger partial charge in [-0.2, -0.15) is 4.39 Å². The van der Waals surface area contributed by atoms with Crippen molar-refractivity contribution in [2.75, 3.05) is 0 Å². The largest absolute Gasteiger partial charge is 0.382 e. The van der Waals surface area contributed by atoms with Gasteiger partial charge in [0.15, 0.2) is 17.2 Å². The average Bonchev–Trinajstić information content (AvgIpc) is 3.41. The molecule has 1 aliphatic rings. The second kappa shape index (κ2) is 23.2. The number of nitrogens with one attached hydrogen (secondary N) is 1. The molecule has 1 aromatic rings. The van der Waals surface area contributed by atoms with Crippen LogP contribution in [0.5, 0.6) is 0 Å². The van der Waals surface area contributed by atoms with Crippen molar-refractivity contribution in [3.05, 3.63) is 32.9 Å². The summed E-state index contributed by atoms with van der Waals surface area (Å²) in [6.45, 7) is 4.42. The molecular formula is C37H63FN2O7. The third kappa shape index (κ3) is 14.5. The van der Waals surface area contributed by atoms with Crippen LogP contribution in [0.15, 0.2) is 15.8 Å². The average molecular weight is 667 g/mol. The zero-order valence-electron chi connectivity index (χ0n) is 29.2. The molecule has 0 aliphatic carbocycles. The number of ether oxygens (including phenoxy) is 1. The Morgan fingerprint density at radius 1 is 0.809 bits per heavy atom. The van der Waals surface area contributed by atoms with E-state index in [9.17, 15) is 33.8 Å². The molecule has 47 heavy (non-hydrogen) atoms. The first-order valence-corrected chi connectivity index (χ1v) is 18.8. The van der Waals surface area contributed by atoms with E-state index >= 15 is 0 Å². The van der Waals surface area contributed by atoms with E-state index in [1.54, 1.807) is 0 Å². The van der Waals surface area contributed by atoms with Crippen LogP contribution in [0.1, 0.15) is 181 Å². The summed E-state index contributed by atoms with van der Waals surface area (Å²) >= 11 is 0. The molecule has 1 saturated heterocycles. The van der Waals surface area contributed by atoms with Crippen molar-refractivity contribution in [1.29, 1.82) is 0 Å². The lowest BCUT2D eigenvalue weighted by atomic mass is 9.83. The van der Waals surface area contributed by atoms with E-state index in [-0.39, 0.29) is 12.8 Å². The summed E-state index contributed by atoms with van der Waals surface area (Å²) in [6, 6.07) is 0. The third-order valence-corrected chi connectivity index (χ3v) is 9.63. The van der Waals surface area contributed by atoms with Crippen LogP contribution in [0.25, 0.3) is 0 Å². The summed E-state index contributed by atoms with van der Waals surface area (Å²) in [5.41, 5.74) is -4.43. The predicted octanol–water partition coefficient (Wildman–Crippen LogP) is 7.60. The summed E-state index contributed by atoms with van der Waals surface area (Å²) < 4.78 is 20.6. The van der Waals surface area contributed by atoms with Gasteiger partial charge in [-0.15, -0.1) is 0 Å². The van der Waals surface area contributed by atoms with Gasteiger partial charge in [0.2, 0.25) is 5.82 Å². The molecule has 1 fully saturated rings. The fraction of sp³-hybridized carbons (Fsp3) is 0.838. The molecule has 0 radical (unpaired) electrons. The minimum atomic E-state index is -2.25. The van der Waals surface area contributed by atoms with E-state index in [4.69, 9.17) is 4.74 Å². The molecule has 0 saturated carbocycles. The fourth-order valence-corrected chi connectivity index (χ4v) is 6.61. The third-order valence-electron chi connectivity index (χ3n) is 9.63. The first-order chi connectivity index (χ1) is 22.7. The number of aromatic amines is 1. The zero-order valence-corrected chi connectivity index (χ0v) is 29.2. The van der Waals surface area contributed by atoms with Crippen LogP contribution >= 0.6 is 0 Å². The number of Topliss-reactive ketones (excluding diaryl/α,β-unsaturated/α-hetero) is 2. The number of ketones is 2. The summed E-state index contributed by atoms with van der Waals surface area (Å²) in [5, 5.41) is 22.7. The van der Waals surface area contributed by atoms with E-state index in [0.717, 1.165) is 49.5 Å². The Labute approximate surface area is 281 Å². The van der Waals surface area contributed by atoms with Gasteiger partial charge < -0.3 is 14.9 Å². The lowest BCUT2D eigenvalue weighted by molar-refractivity contribution is -0.160. The Kier molecular flexibility index (Phi) is 20.3. The van der Waals surface area contributed by atoms with Gasteiger partial charge in [0.05, 0.1) is 6.20 Å². The van der Waals surface area contributed by atoms with Gasteiger partial charge in [-0.1, -0.05) is 142 Å². The molecule has 4 atom stereocenters. The van der Waals surface area contributed by atoms with E-state index in [2.05, 4.69) is 13.8 Å². The SMILES string of the molecule is CCCCCCCCCCCCCC(=O)C(O)[C@H]1O[C@@H](n2cc(F)c(=O)[nH]c2=O)C[C@@]1(O)C(=O)CCCCCCCCCCCCC. The molecule has 0 bridgehead atoms. The van der Waals surface area contributed by atoms with Crippen molar-refractivity contribution in [2.45, 2.75) is 198 Å². The maximum atomic E-state index is 14.1. The number of aliphatic hydroxyl groups excluding tert-OH is 1. The smallest absolute Gasteiger partial charge is 0.330 e. The van der Waals surface area contributed by atoms with Crippen LogP contribution in [0.4, 0.5) is 4.39 Å². The molecule has 1 aromatic heterocycles. The molecule has 1 unspecified atom stereocenters. The Morgan fingerprint density at radius 3 is 1.70 bits per heavy atom. The molecule has 2 heterocycles. The van der Waals surface area contributed by atoms with Crippen molar-refractivity contribution in [1.82, 2.24) is 9.55 Å². The molecule has 0 amide bonds. The number of nitrogens with zero attached hydrogens (tertiary/aromatic N) is 1. The van der Waals surface area contributed by atoms with Gasteiger partial charge in [0.1, 0.15) is 18.4 Å². The Hall–Kier alpha value is -2.17. The summed E-state index contributed by atoms with van der Waals surface area (Å²) in [6.07, 6.45) is 19.8. The second-order valence-electron chi connectivity index (χ2n) is 13.7. The van der Waals surface area contributed by atoms with E-state index < -0.39 is 59.1 Å². The standard InChI is InChI=1S/C37H63FN2O7/c1-3-5-7-9-11-13-15-17-19-21-23-25-30(41)33(43)34-37(46,27-32(47-34)40-28-29(38)35(44)39-36(40)45)31(42)26-24-22-20-18-16-14-12-10-8-6-4-2/h28,32-34,43,46H,3-27H2,1-2H3,(H,39,44,45)/t32-,33?,34-,37-/m1/s1. The summed E-state index contributed by atoms with van der Waals surface area (Å²) in [4.78, 5) is 52.3. The Morgan fingerprint density at radius 2 is 1.23 bits per heavy atom. The Balaban J connectivity index is 1.90. The van der Waals surface area contributed by atoms with Crippen LogP contribution in [0, 0.1) is 5.82 Å². The number of halogens is 1. The monoisotopic (exact) mass is 666 g/mol. The highest BCUT2D eigenvalue weighted by molar-refractivity contribution is 5.91. The van der Waals surface area contributed by atoms with Crippen molar-refractivity contribution >= 4 is 11.6 Å². The number of rotatable bonds is 28. The molecule has 9 nitrogen and oxygen atoms in total. The number of aliphatic hydroxyl groups is 2. The quantitative estimate of drug-likeness (QED) is 0.0783. The molecule has 0 spiro atoms. The van der Waals surface area contributed by atoms with Crippen LogP contribution in [0.3, 0.4) is 0 Å². The zero-order chi connectivity index (χ0) is 34.5.